The van der Waals surface area contributed by atoms with Crippen molar-refractivity contribution in [3.63, 3.8) is 0 Å². The minimum atomic E-state index is 0.358. The van der Waals surface area contributed by atoms with E-state index in [-0.39, 0.29) is 0 Å². The van der Waals surface area contributed by atoms with Gasteiger partial charge in [0.05, 0.1) is 7.11 Å². The van der Waals surface area contributed by atoms with Gasteiger partial charge in [-0.25, -0.2) is 0 Å². The van der Waals surface area contributed by atoms with E-state index in [1.165, 1.54) is 61.8 Å². The highest BCUT2D eigenvalue weighted by Gasteiger charge is 2.25. The predicted molar refractivity (Wildman–Crippen MR) is 140 cm³/mol. The van der Waals surface area contributed by atoms with E-state index in [4.69, 9.17) is 4.74 Å². The highest BCUT2D eigenvalue weighted by Crippen LogP contribution is 2.29. The van der Waals surface area contributed by atoms with E-state index in [0.717, 1.165) is 50.8 Å². The second-order valence-electron chi connectivity index (χ2n) is 9.86. The number of rotatable bonds is 11. The van der Waals surface area contributed by atoms with Crippen LogP contribution in [-0.2, 0) is 11.2 Å². The van der Waals surface area contributed by atoms with Gasteiger partial charge < -0.3 is 19.4 Å². The van der Waals surface area contributed by atoms with Gasteiger partial charge in [-0.05, 0) is 107 Å². The third kappa shape index (κ3) is 8.25. The van der Waals surface area contributed by atoms with Crippen molar-refractivity contribution in [3.8, 4) is 5.75 Å². The first-order chi connectivity index (χ1) is 16.0. The summed E-state index contributed by atoms with van der Waals surface area (Å²) in [5.41, 5.74) is 1.36. The Morgan fingerprint density at radius 3 is 2.58 bits per heavy atom. The molecule has 2 saturated heterocycles. The number of carbonyl (C=O) groups is 1. The summed E-state index contributed by atoms with van der Waals surface area (Å²) in [7, 11) is 1.74. The SMILES string of the molecule is CCN(CC)CCC(=O)N1CCCC(CCN2CCC(Cc3cc(OC)ccc3Br)CC2)C1. The van der Waals surface area contributed by atoms with Crippen molar-refractivity contribution in [2.45, 2.75) is 58.8 Å². The molecule has 2 heterocycles. The van der Waals surface area contributed by atoms with Crippen LogP contribution in [0.4, 0.5) is 0 Å². The van der Waals surface area contributed by atoms with Crippen molar-refractivity contribution in [2.24, 2.45) is 11.8 Å². The number of hydrogen-bond donors (Lipinski definition) is 0. The Balaban J connectivity index is 1.37. The molecule has 0 radical (unpaired) electrons. The third-order valence-corrected chi connectivity index (χ3v) is 8.50. The van der Waals surface area contributed by atoms with Gasteiger partial charge in [0, 0.05) is 30.5 Å². The molecule has 1 unspecified atom stereocenters. The molecule has 5 nitrogen and oxygen atoms in total. The second kappa shape index (κ2) is 13.7. The lowest BCUT2D eigenvalue weighted by Gasteiger charge is -2.36. The van der Waals surface area contributed by atoms with Crippen molar-refractivity contribution in [2.75, 3.05) is 59.5 Å². The summed E-state index contributed by atoms with van der Waals surface area (Å²) in [6, 6.07) is 6.29. The number of methoxy groups -OCH3 is 1. The molecule has 1 aromatic rings. The maximum atomic E-state index is 12.7. The van der Waals surface area contributed by atoms with Crippen LogP contribution in [0, 0.1) is 11.8 Å². The van der Waals surface area contributed by atoms with Crippen LogP contribution in [0.3, 0.4) is 0 Å². The number of nitrogens with zero attached hydrogens (tertiary/aromatic N) is 3. The van der Waals surface area contributed by atoms with Gasteiger partial charge in [0.1, 0.15) is 5.75 Å². The Morgan fingerprint density at radius 2 is 1.88 bits per heavy atom. The summed E-state index contributed by atoms with van der Waals surface area (Å²) < 4.78 is 6.60. The molecule has 6 heteroatoms. The number of carbonyl (C=O) groups excluding carboxylic acids is 1. The first kappa shape index (κ1) is 26.5. The van der Waals surface area contributed by atoms with Crippen LogP contribution in [0.5, 0.6) is 5.75 Å². The van der Waals surface area contributed by atoms with Crippen molar-refractivity contribution in [1.82, 2.24) is 14.7 Å². The van der Waals surface area contributed by atoms with E-state index in [9.17, 15) is 4.79 Å². The number of amides is 1. The molecule has 0 aromatic heterocycles. The van der Waals surface area contributed by atoms with Crippen molar-refractivity contribution >= 4 is 21.8 Å². The van der Waals surface area contributed by atoms with Gasteiger partial charge in [0.15, 0.2) is 0 Å². The Kier molecular flexibility index (Phi) is 11.0. The minimum Gasteiger partial charge on any atom is -0.497 e. The largest absolute Gasteiger partial charge is 0.497 e. The third-order valence-electron chi connectivity index (χ3n) is 7.73. The first-order valence-corrected chi connectivity index (χ1v) is 13.9. The molecule has 0 spiro atoms. The van der Waals surface area contributed by atoms with Crippen LogP contribution in [-0.4, -0.2) is 80.1 Å². The van der Waals surface area contributed by atoms with Gasteiger partial charge in [-0.2, -0.15) is 0 Å². The van der Waals surface area contributed by atoms with Crippen molar-refractivity contribution in [3.05, 3.63) is 28.2 Å². The van der Waals surface area contributed by atoms with Gasteiger partial charge >= 0.3 is 0 Å². The molecule has 2 aliphatic heterocycles. The van der Waals surface area contributed by atoms with Gasteiger partial charge in [-0.1, -0.05) is 29.8 Å². The Labute approximate surface area is 210 Å². The van der Waals surface area contributed by atoms with Crippen molar-refractivity contribution < 1.29 is 9.53 Å². The van der Waals surface area contributed by atoms with Crippen molar-refractivity contribution in [1.29, 1.82) is 0 Å². The average molecular weight is 523 g/mol. The fourth-order valence-corrected chi connectivity index (χ4v) is 5.81. The zero-order chi connectivity index (χ0) is 23.6. The van der Waals surface area contributed by atoms with Crippen LogP contribution in [0.25, 0.3) is 0 Å². The van der Waals surface area contributed by atoms with Gasteiger partial charge in [0.25, 0.3) is 0 Å². The first-order valence-electron chi connectivity index (χ1n) is 13.1. The molecule has 2 fully saturated rings. The number of piperidine rings is 2. The monoisotopic (exact) mass is 521 g/mol. The predicted octanol–water partition coefficient (Wildman–Crippen LogP) is 5.07. The summed E-state index contributed by atoms with van der Waals surface area (Å²) in [5.74, 6) is 2.72. The normalized spacial score (nSPS) is 20.4. The summed E-state index contributed by atoms with van der Waals surface area (Å²) in [5, 5.41) is 0. The molecule has 3 rings (SSSR count). The smallest absolute Gasteiger partial charge is 0.223 e. The second-order valence-corrected chi connectivity index (χ2v) is 10.7. The molecule has 1 atom stereocenters. The van der Waals surface area contributed by atoms with Crippen LogP contribution in [0.15, 0.2) is 22.7 Å². The maximum Gasteiger partial charge on any atom is 0.223 e. The number of benzene rings is 1. The van der Waals surface area contributed by atoms with E-state index in [1.54, 1.807) is 7.11 Å². The molecular weight excluding hydrogens is 478 g/mol. The molecule has 33 heavy (non-hydrogen) atoms. The Morgan fingerprint density at radius 1 is 1.12 bits per heavy atom. The average Bonchev–Trinajstić information content (AvgIpc) is 2.85. The van der Waals surface area contributed by atoms with E-state index in [1.807, 2.05) is 6.07 Å². The van der Waals surface area contributed by atoms with Gasteiger partial charge in [-0.15, -0.1) is 0 Å². The quantitative estimate of drug-likeness (QED) is 0.407. The Hall–Kier alpha value is -1.11. The highest BCUT2D eigenvalue weighted by atomic mass is 79.9. The van der Waals surface area contributed by atoms with Crippen LogP contribution >= 0.6 is 15.9 Å². The maximum absolute atomic E-state index is 12.7. The fourth-order valence-electron chi connectivity index (χ4n) is 5.40. The minimum absolute atomic E-state index is 0.358. The summed E-state index contributed by atoms with van der Waals surface area (Å²) >= 11 is 3.71. The molecule has 0 aliphatic carbocycles. The summed E-state index contributed by atoms with van der Waals surface area (Å²) in [6.07, 6.45) is 8.00. The molecular formula is C27H44BrN3O2. The topological polar surface area (TPSA) is 36.0 Å². The molecule has 0 bridgehead atoms. The zero-order valence-electron chi connectivity index (χ0n) is 21.0. The standard InChI is InChI=1S/C27H44BrN3O2/c1-4-29(5-2)18-13-27(32)31-14-6-7-23(21-31)12-17-30-15-10-22(11-16-30)19-24-20-25(33-3)8-9-26(24)28/h8-9,20,22-23H,4-7,10-19,21H2,1-3H3. The number of ether oxygens (including phenoxy) is 1. The number of halogens is 1. The molecule has 0 N–H and O–H groups in total. The lowest BCUT2D eigenvalue weighted by molar-refractivity contribution is -0.133. The number of hydrogen-bond acceptors (Lipinski definition) is 4. The van der Waals surface area contributed by atoms with Gasteiger partial charge in [-0.3, -0.25) is 4.79 Å². The molecule has 186 valence electrons. The van der Waals surface area contributed by atoms with E-state index < -0.39 is 0 Å². The molecule has 1 amide bonds. The van der Waals surface area contributed by atoms with Crippen LogP contribution < -0.4 is 4.74 Å². The number of likely N-dealkylation sites (tertiary alicyclic amines) is 2. The van der Waals surface area contributed by atoms with Crippen LogP contribution in [0.1, 0.15) is 57.9 Å². The van der Waals surface area contributed by atoms with Crippen LogP contribution in [0.2, 0.25) is 0 Å². The Bertz CT molecular complexity index is 732. The van der Waals surface area contributed by atoms with E-state index in [2.05, 4.69) is 56.6 Å². The lowest BCUT2D eigenvalue weighted by atomic mass is 9.89. The summed E-state index contributed by atoms with van der Waals surface area (Å²) in [4.78, 5) is 19.9. The molecule has 1 aromatic carbocycles. The molecule has 0 saturated carbocycles. The van der Waals surface area contributed by atoms with E-state index in [0.29, 0.717) is 18.2 Å². The summed E-state index contributed by atoms with van der Waals surface area (Å²) in [6.45, 7) is 12.8. The fraction of sp³-hybridized carbons (Fsp3) is 0.741. The zero-order valence-corrected chi connectivity index (χ0v) is 22.6. The molecule has 2 aliphatic rings. The highest BCUT2D eigenvalue weighted by molar-refractivity contribution is 9.10. The van der Waals surface area contributed by atoms with E-state index >= 15 is 0 Å². The van der Waals surface area contributed by atoms with Gasteiger partial charge in [0.2, 0.25) is 5.91 Å². The lowest BCUT2D eigenvalue weighted by Crippen LogP contribution is -2.42.